The number of nitrogens with zero attached hydrogens (tertiary/aromatic N) is 1. The summed E-state index contributed by atoms with van der Waals surface area (Å²) in [6.45, 7) is 9.85. The van der Waals surface area contributed by atoms with Gasteiger partial charge in [-0.15, -0.1) is 6.58 Å². The lowest BCUT2D eigenvalue weighted by molar-refractivity contribution is -0.130. The fourth-order valence-electron chi connectivity index (χ4n) is 2.35. The summed E-state index contributed by atoms with van der Waals surface area (Å²) in [5, 5.41) is 6.17. The molecule has 0 bridgehead atoms. The molecule has 0 aliphatic carbocycles. The second kappa shape index (κ2) is 8.25. The minimum Gasteiger partial charge on any atom is -0.330 e. The van der Waals surface area contributed by atoms with Crippen LogP contribution in [0.15, 0.2) is 30.5 Å². The summed E-state index contributed by atoms with van der Waals surface area (Å²) in [5.41, 5.74) is 1.05. The molecule has 4 nitrogen and oxygen atoms in total. The Morgan fingerprint density at radius 2 is 2.09 bits per heavy atom. The number of thiocarbonyl (C=S) groups is 1. The van der Waals surface area contributed by atoms with E-state index in [1.54, 1.807) is 18.3 Å². The number of amides is 1. The summed E-state index contributed by atoms with van der Waals surface area (Å²) < 4.78 is 0. The lowest BCUT2D eigenvalue weighted by atomic mass is 9.76. The van der Waals surface area contributed by atoms with Gasteiger partial charge in [0.2, 0.25) is 5.91 Å². The Kier molecular flexibility index (Phi) is 6.97. The summed E-state index contributed by atoms with van der Waals surface area (Å²) >= 11 is 11.2. The molecule has 0 aliphatic heterocycles. The quantitative estimate of drug-likeness (QED) is 0.460. The van der Waals surface area contributed by atoms with Gasteiger partial charge in [-0.25, -0.2) is 4.98 Å². The van der Waals surface area contributed by atoms with Crippen LogP contribution in [-0.2, 0) is 4.79 Å². The number of anilines is 1. The number of carbonyl (C=O) groups is 1. The van der Waals surface area contributed by atoms with E-state index in [4.69, 9.17) is 23.8 Å². The number of rotatable bonds is 6. The zero-order chi connectivity index (χ0) is 16.8. The van der Waals surface area contributed by atoms with E-state index in [0.29, 0.717) is 17.3 Å². The number of carbonyl (C=O) groups excluding carboxylic acids is 1. The lowest BCUT2D eigenvalue weighted by Gasteiger charge is -2.30. The molecule has 0 radical (unpaired) electrons. The van der Waals surface area contributed by atoms with Gasteiger partial charge in [0, 0.05) is 6.20 Å². The minimum absolute atomic E-state index is 0.0991. The maximum absolute atomic E-state index is 12.6. The van der Waals surface area contributed by atoms with Gasteiger partial charge in [0.1, 0.15) is 0 Å². The SMILES string of the molecule is C=C(C)CC(CC)(CC)C(=O)NC(=S)Nc1cccnc1Cl. The molecule has 1 rings (SSSR count). The van der Waals surface area contributed by atoms with E-state index >= 15 is 0 Å². The highest BCUT2D eigenvalue weighted by Crippen LogP contribution is 2.33. The molecule has 1 aromatic rings. The molecule has 0 aliphatic rings. The van der Waals surface area contributed by atoms with Gasteiger partial charge < -0.3 is 10.6 Å². The Morgan fingerprint density at radius 1 is 1.45 bits per heavy atom. The van der Waals surface area contributed by atoms with Crippen LogP contribution in [-0.4, -0.2) is 16.0 Å². The standard InChI is InChI=1S/C16H22ClN3OS/c1-5-16(6-2,10-11(3)4)14(21)20-15(22)19-12-8-7-9-18-13(12)17/h7-9H,3,5-6,10H2,1-2,4H3,(H2,19,20,21,22). The fourth-order valence-corrected chi connectivity index (χ4v) is 2.72. The molecule has 0 fully saturated rings. The molecule has 0 unspecified atom stereocenters. The van der Waals surface area contributed by atoms with Gasteiger partial charge >= 0.3 is 0 Å². The van der Waals surface area contributed by atoms with E-state index in [1.165, 1.54) is 0 Å². The van der Waals surface area contributed by atoms with Gasteiger partial charge in [0.25, 0.3) is 0 Å². The monoisotopic (exact) mass is 339 g/mol. The first-order chi connectivity index (χ1) is 10.3. The third kappa shape index (κ3) is 4.78. The van der Waals surface area contributed by atoms with E-state index in [9.17, 15) is 4.79 Å². The molecule has 6 heteroatoms. The van der Waals surface area contributed by atoms with Gasteiger partial charge in [0.05, 0.1) is 11.1 Å². The van der Waals surface area contributed by atoms with Gasteiger partial charge in [-0.1, -0.05) is 31.0 Å². The van der Waals surface area contributed by atoms with Crippen molar-refractivity contribution in [3.63, 3.8) is 0 Å². The van der Waals surface area contributed by atoms with E-state index < -0.39 is 5.41 Å². The highest BCUT2D eigenvalue weighted by molar-refractivity contribution is 7.80. The number of nitrogens with one attached hydrogen (secondary N) is 2. The van der Waals surface area contributed by atoms with Crippen molar-refractivity contribution in [1.29, 1.82) is 0 Å². The molecule has 0 aromatic carbocycles. The third-order valence-electron chi connectivity index (χ3n) is 3.71. The van der Waals surface area contributed by atoms with Gasteiger partial charge in [0.15, 0.2) is 10.3 Å². The molecule has 1 amide bonds. The molecule has 0 saturated carbocycles. The van der Waals surface area contributed by atoms with E-state index in [-0.39, 0.29) is 11.0 Å². The van der Waals surface area contributed by atoms with Crippen molar-refractivity contribution >= 4 is 40.5 Å². The summed E-state index contributed by atoms with van der Waals surface area (Å²) in [6, 6.07) is 3.48. The maximum atomic E-state index is 12.6. The molecule has 1 heterocycles. The highest BCUT2D eigenvalue weighted by atomic mass is 35.5. The highest BCUT2D eigenvalue weighted by Gasteiger charge is 2.35. The number of pyridine rings is 1. The smallest absolute Gasteiger partial charge is 0.232 e. The Morgan fingerprint density at radius 3 is 2.59 bits per heavy atom. The molecule has 2 N–H and O–H groups in total. The predicted octanol–water partition coefficient (Wildman–Crippen LogP) is 4.32. The van der Waals surface area contributed by atoms with Crippen LogP contribution in [0, 0.1) is 5.41 Å². The average molecular weight is 340 g/mol. The first-order valence-corrected chi connectivity index (χ1v) is 8.00. The first kappa shape index (κ1) is 18.6. The Balaban J connectivity index is 2.79. The molecule has 1 aromatic heterocycles. The minimum atomic E-state index is -0.490. The van der Waals surface area contributed by atoms with Gasteiger partial charge in [-0.2, -0.15) is 0 Å². The van der Waals surface area contributed by atoms with E-state index in [1.807, 2.05) is 20.8 Å². The second-order valence-electron chi connectivity index (χ2n) is 5.37. The number of aromatic nitrogens is 1. The zero-order valence-corrected chi connectivity index (χ0v) is 14.8. The molecular weight excluding hydrogens is 318 g/mol. The molecule has 120 valence electrons. The normalized spacial score (nSPS) is 10.9. The first-order valence-electron chi connectivity index (χ1n) is 7.22. The van der Waals surface area contributed by atoms with Crippen molar-refractivity contribution in [1.82, 2.24) is 10.3 Å². The van der Waals surface area contributed by atoms with Crippen LogP contribution in [0.2, 0.25) is 5.15 Å². The van der Waals surface area contributed by atoms with Crippen molar-refractivity contribution in [2.24, 2.45) is 5.41 Å². The summed E-state index contributed by atoms with van der Waals surface area (Å²) in [5.74, 6) is -0.0991. The zero-order valence-electron chi connectivity index (χ0n) is 13.2. The topological polar surface area (TPSA) is 54.0 Å². The van der Waals surface area contributed by atoms with Crippen LogP contribution in [0.3, 0.4) is 0 Å². The van der Waals surface area contributed by atoms with Crippen LogP contribution < -0.4 is 10.6 Å². The number of allylic oxidation sites excluding steroid dienone is 1. The largest absolute Gasteiger partial charge is 0.330 e. The number of halogens is 1. The molecule has 22 heavy (non-hydrogen) atoms. The van der Waals surface area contributed by atoms with Crippen LogP contribution in [0.1, 0.15) is 40.0 Å². The average Bonchev–Trinajstić information content (AvgIpc) is 2.46. The van der Waals surface area contributed by atoms with Crippen LogP contribution in [0.4, 0.5) is 5.69 Å². The van der Waals surface area contributed by atoms with Crippen LogP contribution in [0.25, 0.3) is 0 Å². The number of hydrogen-bond acceptors (Lipinski definition) is 3. The molecular formula is C16H22ClN3OS. The summed E-state index contributed by atoms with van der Waals surface area (Å²) in [4.78, 5) is 16.6. The van der Waals surface area contributed by atoms with E-state index in [2.05, 4.69) is 22.2 Å². The summed E-state index contributed by atoms with van der Waals surface area (Å²) in [6.07, 6.45) is 3.67. The molecule has 0 atom stereocenters. The van der Waals surface area contributed by atoms with Crippen LogP contribution in [0.5, 0.6) is 0 Å². The van der Waals surface area contributed by atoms with Crippen molar-refractivity contribution in [3.8, 4) is 0 Å². The molecule has 0 spiro atoms. The Hall–Kier alpha value is -1.46. The van der Waals surface area contributed by atoms with Gasteiger partial charge in [-0.3, -0.25) is 4.79 Å². The maximum Gasteiger partial charge on any atom is 0.232 e. The van der Waals surface area contributed by atoms with E-state index in [0.717, 1.165) is 18.4 Å². The van der Waals surface area contributed by atoms with Crippen molar-refractivity contribution in [2.45, 2.75) is 40.0 Å². The van der Waals surface area contributed by atoms with Crippen molar-refractivity contribution < 1.29 is 4.79 Å². The number of hydrogen-bond donors (Lipinski definition) is 2. The predicted molar refractivity (Wildman–Crippen MR) is 96.1 cm³/mol. The second-order valence-corrected chi connectivity index (χ2v) is 6.14. The van der Waals surface area contributed by atoms with Gasteiger partial charge in [-0.05, 0) is 50.5 Å². The summed E-state index contributed by atoms with van der Waals surface area (Å²) in [7, 11) is 0. The fraction of sp³-hybridized carbons (Fsp3) is 0.438. The van der Waals surface area contributed by atoms with Crippen molar-refractivity contribution in [2.75, 3.05) is 5.32 Å². The third-order valence-corrected chi connectivity index (χ3v) is 4.22. The Labute approximate surface area is 142 Å². The molecule has 0 saturated heterocycles. The van der Waals surface area contributed by atoms with Crippen LogP contribution >= 0.6 is 23.8 Å². The lowest BCUT2D eigenvalue weighted by Crippen LogP contribution is -2.45. The van der Waals surface area contributed by atoms with Crippen molar-refractivity contribution in [3.05, 3.63) is 35.6 Å². The Bertz CT molecular complexity index is 570.